The summed E-state index contributed by atoms with van der Waals surface area (Å²) in [5.41, 5.74) is 2.24. The van der Waals surface area contributed by atoms with Crippen LogP contribution in [-0.4, -0.2) is 45.2 Å². The Hall–Kier alpha value is -3.75. The van der Waals surface area contributed by atoms with Gasteiger partial charge in [0.1, 0.15) is 11.6 Å². The fourth-order valence-corrected chi connectivity index (χ4v) is 3.74. The third-order valence-electron chi connectivity index (χ3n) is 5.59. The maximum atomic E-state index is 13.2. The molecule has 1 N–H and O–H groups in total. The molecule has 1 fully saturated rings. The molecule has 9 heteroatoms. The first-order valence-electron chi connectivity index (χ1n) is 10.8. The summed E-state index contributed by atoms with van der Waals surface area (Å²) in [7, 11) is 1.57. The lowest BCUT2D eigenvalue weighted by atomic mass is 9.92. The van der Waals surface area contributed by atoms with Crippen molar-refractivity contribution in [2.45, 2.75) is 39.5 Å². The van der Waals surface area contributed by atoms with Crippen LogP contribution in [0.4, 0.5) is 11.5 Å². The summed E-state index contributed by atoms with van der Waals surface area (Å²) in [6.45, 7) is 8.35. The second-order valence-electron chi connectivity index (χ2n) is 9.20. The van der Waals surface area contributed by atoms with Gasteiger partial charge in [0.2, 0.25) is 11.8 Å². The molecule has 9 nitrogen and oxygen atoms in total. The van der Waals surface area contributed by atoms with Gasteiger partial charge in [0.05, 0.1) is 24.4 Å². The topological polar surface area (TPSA) is 102 Å². The van der Waals surface area contributed by atoms with Crippen LogP contribution < -0.4 is 15.0 Å². The van der Waals surface area contributed by atoms with E-state index >= 15 is 0 Å². The van der Waals surface area contributed by atoms with Gasteiger partial charge in [-0.1, -0.05) is 26.8 Å². The quantitative estimate of drug-likeness (QED) is 0.643. The molecule has 0 bridgehead atoms. The first kappa shape index (κ1) is 22.4. The van der Waals surface area contributed by atoms with Crippen LogP contribution in [0.3, 0.4) is 0 Å². The van der Waals surface area contributed by atoms with Crippen molar-refractivity contribution in [3.8, 4) is 11.7 Å². The zero-order valence-electron chi connectivity index (χ0n) is 19.5. The van der Waals surface area contributed by atoms with E-state index in [0.29, 0.717) is 23.2 Å². The summed E-state index contributed by atoms with van der Waals surface area (Å²) in [5, 5.41) is 7.57. The third kappa shape index (κ3) is 4.57. The average molecular weight is 449 g/mol. The molecule has 172 valence electrons. The predicted octanol–water partition coefficient (Wildman–Crippen LogP) is 3.27. The SMILES string of the molecule is COc1ccc(C)cc1N1CC(C(=O)Nc2cc(C(C)(C)C)nn2-c2ncccn2)CC1=O. The minimum atomic E-state index is -0.513. The molecule has 1 aliphatic heterocycles. The largest absolute Gasteiger partial charge is 0.495 e. The molecule has 3 aromatic rings. The Labute approximate surface area is 192 Å². The number of anilines is 2. The fourth-order valence-electron chi connectivity index (χ4n) is 3.74. The van der Waals surface area contributed by atoms with Crippen molar-refractivity contribution in [3.05, 3.63) is 54.0 Å². The number of aryl methyl sites for hydroxylation is 1. The molecule has 33 heavy (non-hydrogen) atoms. The summed E-state index contributed by atoms with van der Waals surface area (Å²) in [5.74, 6) is 0.543. The van der Waals surface area contributed by atoms with Gasteiger partial charge in [-0.3, -0.25) is 9.59 Å². The van der Waals surface area contributed by atoms with Gasteiger partial charge < -0.3 is 15.0 Å². The van der Waals surface area contributed by atoms with Crippen molar-refractivity contribution in [2.75, 3.05) is 23.9 Å². The van der Waals surface area contributed by atoms with Gasteiger partial charge in [0.25, 0.3) is 5.95 Å². The van der Waals surface area contributed by atoms with E-state index < -0.39 is 5.92 Å². The van der Waals surface area contributed by atoms with Crippen LogP contribution in [0.1, 0.15) is 38.4 Å². The molecule has 0 radical (unpaired) electrons. The highest BCUT2D eigenvalue weighted by molar-refractivity contribution is 6.04. The maximum absolute atomic E-state index is 13.2. The molecule has 2 aromatic heterocycles. The number of carbonyl (C=O) groups excluding carboxylic acids is 2. The van der Waals surface area contributed by atoms with E-state index in [1.54, 1.807) is 30.5 Å². The van der Waals surface area contributed by atoms with Crippen molar-refractivity contribution < 1.29 is 14.3 Å². The van der Waals surface area contributed by atoms with E-state index in [4.69, 9.17) is 4.74 Å². The Bertz CT molecular complexity index is 1180. The van der Waals surface area contributed by atoms with Gasteiger partial charge in [0, 0.05) is 36.8 Å². The zero-order valence-corrected chi connectivity index (χ0v) is 19.5. The monoisotopic (exact) mass is 448 g/mol. The number of nitrogens with zero attached hydrogens (tertiary/aromatic N) is 5. The van der Waals surface area contributed by atoms with Crippen molar-refractivity contribution in [2.24, 2.45) is 5.92 Å². The molecule has 0 saturated carbocycles. The van der Waals surface area contributed by atoms with Crippen LogP contribution in [0.5, 0.6) is 5.75 Å². The van der Waals surface area contributed by atoms with Crippen LogP contribution in [0.2, 0.25) is 0 Å². The van der Waals surface area contributed by atoms with Crippen molar-refractivity contribution >= 4 is 23.3 Å². The normalized spacial score (nSPS) is 16.2. The molecule has 3 heterocycles. The number of hydrogen-bond acceptors (Lipinski definition) is 6. The van der Waals surface area contributed by atoms with Crippen LogP contribution in [0.25, 0.3) is 5.95 Å². The lowest BCUT2D eigenvalue weighted by Crippen LogP contribution is -2.29. The van der Waals surface area contributed by atoms with Gasteiger partial charge in [-0.15, -0.1) is 0 Å². The lowest BCUT2D eigenvalue weighted by molar-refractivity contribution is -0.122. The molecular weight excluding hydrogens is 420 g/mol. The second kappa shape index (κ2) is 8.65. The minimum absolute atomic E-state index is 0.116. The highest BCUT2D eigenvalue weighted by atomic mass is 16.5. The number of nitrogens with one attached hydrogen (secondary N) is 1. The number of hydrogen-bond donors (Lipinski definition) is 1. The maximum Gasteiger partial charge on any atom is 0.252 e. The fraction of sp³-hybridized carbons (Fsp3) is 0.375. The molecular formula is C24H28N6O3. The smallest absolute Gasteiger partial charge is 0.252 e. The van der Waals surface area contributed by atoms with Gasteiger partial charge >= 0.3 is 0 Å². The van der Waals surface area contributed by atoms with Crippen molar-refractivity contribution in [1.29, 1.82) is 0 Å². The highest BCUT2D eigenvalue weighted by Crippen LogP contribution is 2.34. The number of amides is 2. The van der Waals surface area contributed by atoms with E-state index in [1.165, 1.54) is 4.68 Å². The average Bonchev–Trinajstić information content (AvgIpc) is 3.38. The van der Waals surface area contributed by atoms with E-state index in [1.807, 2.05) is 52.0 Å². The summed E-state index contributed by atoms with van der Waals surface area (Å²) in [4.78, 5) is 36.1. The number of carbonyl (C=O) groups is 2. The first-order chi connectivity index (χ1) is 15.7. The molecule has 1 aliphatic rings. The van der Waals surface area contributed by atoms with Gasteiger partial charge in [-0.05, 0) is 30.7 Å². The third-order valence-corrected chi connectivity index (χ3v) is 5.59. The van der Waals surface area contributed by atoms with E-state index in [9.17, 15) is 9.59 Å². The summed E-state index contributed by atoms with van der Waals surface area (Å²) in [6, 6.07) is 9.19. The first-order valence-corrected chi connectivity index (χ1v) is 10.8. The molecule has 2 amide bonds. The summed E-state index contributed by atoms with van der Waals surface area (Å²) in [6.07, 6.45) is 3.36. The van der Waals surface area contributed by atoms with E-state index in [0.717, 1.165) is 11.3 Å². The number of benzene rings is 1. The number of ether oxygens (including phenoxy) is 1. The van der Waals surface area contributed by atoms with Crippen LogP contribution in [-0.2, 0) is 15.0 Å². The van der Waals surface area contributed by atoms with E-state index in [2.05, 4.69) is 20.4 Å². The Morgan fingerprint density at radius 3 is 2.58 bits per heavy atom. The number of rotatable bonds is 5. The number of methoxy groups -OCH3 is 1. The van der Waals surface area contributed by atoms with E-state index in [-0.39, 0.29) is 30.2 Å². The molecule has 1 aromatic carbocycles. The van der Waals surface area contributed by atoms with Gasteiger partial charge in [0.15, 0.2) is 0 Å². The lowest BCUT2D eigenvalue weighted by Gasteiger charge is -2.20. The molecule has 0 aliphatic carbocycles. The summed E-state index contributed by atoms with van der Waals surface area (Å²) < 4.78 is 6.96. The molecule has 1 saturated heterocycles. The Kier molecular flexibility index (Phi) is 5.88. The molecule has 4 rings (SSSR count). The molecule has 1 atom stereocenters. The van der Waals surface area contributed by atoms with Crippen LogP contribution in [0.15, 0.2) is 42.7 Å². The van der Waals surface area contributed by atoms with Crippen LogP contribution >= 0.6 is 0 Å². The Balaban J connectivity index is 1.59. The molecule has 1 unspecified atom stereocenters. The van der Waals surface area contributed by atoms with Gasteiger partial charge in [-0.25, -0.2) is 9.97 Å². The highest BCUT2D eigenvalue weighted by Gasteiger charge is 2.37. The van der Waals surface area contributed by atoms with Crippen molar-refractivity contribution in [3.63, 3.8) is 0 Å². The molecule has 0 spiro atoms. The van der Waals surface area contributed by atoms with Crippen LogP contribution in [0, 0.1) is 12.8 Å². The standard InChI is InChI=1S/C24H28N6O3/c1-15-7-8-18(33-5)17(11-15)29-14-16(12-21(29)31)22(32)27-20-13-19(24(2,3)4)28-30(20)23-25-9-6-10-26-23/h6-11,13,16H,12,14H2,1-5H3,(H,27,32). The zero-order chi connectivity index (χ0) is 23.8. The summed E-state index contributed by atoms with van der Waals surface area (Å²) >= 11 is 0. The Morgan fingerprint density at radius 1 is 1.18 bits per heavy atom. The van der Waals surface area contributed by atoms with Crippen molar-refractivity contribution in [1.82, 2.24) is 19.7 Å². The second-order valence-corrected chi connectivity index (χ2v) is 9.20. The predicted molar refractivity (Wildman–Crippen MR) is 125 cm³/mol. The Morgan fingerprint density at radius 2 is 1.91 bits per heavy atom. The minimum Gasteiger partial charge on any atom is -0.495 e. The van der Waals surface area contributed by atoms with Gasteiger partial charge in [-0.2, -0.15) is 9.78 Å². The number of aromatic nitrogens is 4.